The number of rotatable bonds is 6. The van der Waals surface area contributed by atoms with E-state index in [0.717, 1.165) is 32.1 Å². The molecular formula is C29H37F4N3O3. The van der Waals surface area contributed by atoms with Gasteiger partial charge >= 0.3 is 12.1 Å². The third kappa shape index (κ3) is 10.3. The lowest BCUT2D eigenvalue weighted by molar-refractivity contribution is -0.192. The van der Waals surface area contributed by atoms with E-state index in [1.165, 1.54) is 63.2 Å². The fourth-order valence-corrected chi connectivity index (χ4v) is 4.99. The molecule has 0 atom stereocenters. The first-order valence-electron chi connectivity index (χ1n) is 13.4. The molecule has 6 nitrogen and oxygen atoms in total. The van der Waals surface area contributed by atoms with Gasteiger partial charge in [-0.1, -0.05) is 37.5 Å². The number of benzene rings is 2. The maximum atomic E-state index is 13.7. The summed E-state index contributed by atoms with van der Waals surface area (Å²) in [6, 6.07) is 12.6. The number of alkyl halides is 3. The molecule has 1 saturated carbocycles. The smallest absolute Gasteiger partial charge is 0.475 e. The third-order valence-corrected chi connectivity index (χ3v) is 7.22. The van der Waals surface area contributed by atoms with Crippen LogP contribution in [0, 0.1) is 18.7 Å². The molecule has 214 valence electrons. The summed E-state index contributed by atoms with van der Waals surface area (Å²) in [4.78, 5) is 26.6. The van der Waals surface area contributed by atoms with Gasteiger partial charge in [0.25, 0.3) is 5.91 Å². The summed E-state index contributed by atoms with van der Waals surface area (Å²) in [6.45, 7) is 8.51. The third-order valence-electron chi connectivity index (χ3n) is 7.22. The molecule has 2 aliphatic rings. The maximum Gasteiger partial charge on any atom is 0.490 e. The van der Waals surface area contributed by atoms with Crippen molar-refractivity contribution < 1.29 is 32.3 Å². The number of anilines is 1. The van der Waals surface area contributed by atoms with Gasteiger partial charge in [-0.3, -0.25) is 9.69 Å². The predicted molar refractivity (Wildman–Crippen MR) is 142 cm³/mol. The first-order valence-corrected chi connectivity index (χ1v) is 13.4. The molecule has 0 bridgehead atoms. The summed E-state index contributed by atoms with van der Waals surface area (Å²) in [5.74, 6) is -2.38. The Bertz CT molecular complexity index is 1090. The molecule has 0 aromatic heterocycles. The maximum absolute atomic E-state index is 13.7. The number of carboxylic acids is 1. The number of amides is 1. The van der Waals surface area contributed by atoms with Gasteiger partial charge in [0.05, 0.1) is 0 Å². The second-order valence-electron chi connectivity index (χ2n) is 10.4. The van der Waals surface area contributed by atoms with Crippen molar-refractivity contribution in [3.8, 4) is 0 Å². The molecular weight excluding hydrogens is 514 g/mol. The molecule has 4 rings (SSSR count). The van der Waals surface area contributed by atoms with Crippen LogP contribution in [0.25, 0.3) is 0 Å². The summed E-state index contributed by atoms with van der Waals surface area (Å²) < 4.78 is 45.5. The summed E-state index contributed by atoms with van der Waals surface area (Å²) >= 11 is 0. The molecule has 1 aliphatic heterocycles. The highest BCUT2D eigenvalue weighted by atomic mass is 19.4. The van der Waals surface area contributed by atoms with Gasteiger partial charge in [-0.25, -0.2) is 9.18 Å². The van der Waals surface area contributed by atoms with Gasteiger partial charge in [0.15, 0.2) is 0 Å². The monoisotopic (exact) mass is 551 g/mol. The van der Waals surface area contributed by atoms with Gasteiger partial charge in [0.2, 0.25) is 0 Å². The predicted octanol–water partition coefficient (Wildman–Crippen LogP) is 6.11. The number of hydrogen-bond acceptors (Lipinski definition) is 4. The van der Waals surface area contributed by atoms with Crippen LogP contribution >= 0.6 is 0 Å². The zero-order chi connectivity index (χ0) is 28.4. The minimum atomic E-state index is -5.08. The molecule has 1 heterocycles. The van der Waals surface area contributed by atoms with Crippen LogP contribution in [-0.4, -0.2) is 65.7 Å². The fourth-order valence-electron chi connectivity index (χ4n) is 4.99. The van der Waals surface area contributed by atoms with E-state index < -0.39 is 12.1 Å². The molecule has 2 fully saturated rings. The average molecular weight is 552 g/mol. The minimum Gasteiger partial charge on any atom is -0.475 e. The van der Waals surface area contributed by atoms with Crippen LogP contribution in [0.2, 0.25) is 0 Å². The van der Waals surface area contributed by atoms with Crippen LogP contribution in [0.3, 0.4) is 0 Å². The summed E-state index contributed by atoms with van der Waals surface area (Å²) in [5, 5.41) is 9.90. The normalized spacial score (nSPS) is 17.6. The van der Waals surface area contributed by atoms with E-state index in [-0.39, 0.29) is 11.7 Å². The number of hydrogen-bond donors (Lipinski definition) is 2. The lowest BCUT2D eigenvalue weighted by Gasteiger charge is -2.29. The van der Waals surface area contributed by atoms with Crippen molar-refractivity contribution >= 4 is 17.6 Å². The van der Waals surface area contributed by atoms with Gasteiger partial charge in [-0.05, 0) is 80.6 Å². The molecule has 0 radical (unpaired) electrons. The van der Waals surface area contributed by atoms with E-state index in [2.05, 4.69) is 15.1 Å². The second-order valence-corrected chi connectivity index (χ2v) is 10.4. The number of halogens is 4. The van der Waals surface area contributed by atoms with Crippen molar-refractivity contribution in [3.05, 3.63) is 65.0 Å². The molecule has 0 unspecified atom stereocenters. The Kier molecular flexibility index (Phi) is 11.3. The van der Waals surface area contributed by atoms with E-state index in [0.29, 0.717) is 16.8 Å². The van der Waals surface area contributed by atoms with Crippen molar-refractivity contribution in [1.82, 2.24) is 9.80 Å². The summed E-state index contributed by atoms with van der Waals surface area (Å²) in [5.41, 5.74) is 2.86. The number of carboxylic acid groups (broad SMARTS) is 1. The van der Waals surface area contributed by atoms with Gasteiger partial charge < -0.3 is 15.3 Å². The molecule has 10 heteroatoms. The molecule has 2 aromatic rings. The zero-order valence-corrected chi connectivity index (χ0v) is 22.3. The van der Waals surface area contributed by atoms with Gasteiger partial charge in [0.1, 0.15) is 5.82 Å². The molecule has 1 aliphatic carbocycles. The Labute approximate surface area is 227 Å². The topological polar surface area (TPSA) is 72.9 Å². The first kappa shape index (κ1) is 30.6. The highest BCUT2D eigenvalue weighted by Crippen LogP contribution is 2.25. The van der Waals surface area contributed by atoms with E-state index in [4.69, 9.17) is 9.90 Å². The number of carbonyl (C=O) groups excluding carboxylic acids is 1. The Morgan fingerprint density at radius 2 is 1.54 bits per heavy atom. The fraction of sp³-hybridized carbons (Fsp3) is 0.517. The number of nitrogens with zero attached hydrogens (tertiary/aromatic N) is 2. The van der Waals surface area contributed by atoms with Crippen LogP contribution in [0.1, 0.15) is 60.0 Å². The summed E-state index contributed by atoms with van der Waals surface area (Å²) in [6.07, 6.45) is 3.23. The molecule has 1 amide bonds. The van der Waals surface area contributed by atoms with Crippen molar-refractivity contribution in [3.63, 3.8) is 0 Å². The van der Waals surface area contributed by atoms with Crippen LogP contribution in [-0.2, 0) is 11.3 Å². The number of nitrogens with one attached hydrogen (secondary N) is 1. The molecule has 39 heavy (non-hydrogen) atoms. The van der Waals surface area contributed by atoms with Crippen molar-refractivity contribution in [2.75, 3.05) is 38.0 Å². The van der Waals surface area contributed by atoms with E-state index in [9.17, 15) is 22.4 Å². The van der Waals surface area contributed by atoms with Gasteiger partial charge in [0, 0.05) is 37.4 Å². The SMILES string of the molecule is Cc1ccc(NC(=O)c2ccc(CN3CCCN(CC4CCCCC4)CC3)cc2)cc1F.O=C(O)C(F)(F)F. The Morgan fingerprint density at radius 1 is 0.923 bits per heavy atom. The minimum absolute atomic E-state index is 0.215. The van der Waals surface area contributed by atoms with Crippen LogP contribution in [0.5, 0.6) is 0 Å². The van der Waals surface area contributed by atoms with Crippen LogP contribution in [0.15, 0.2) is 42.5 Å². The summed E-state index contributed by atoms with van der Waals surface area (Å²) in [7, 11) is 0. The van der Waals surface area contributed by atoms with Crippen molar-refractivity contribution in [1.29, 1.82) is 0 Å². The standard InChI is InChI=1S/C27H36FN3O.C2HF3O2/c1-21-8-13-25(18-26(21)28)29-27(32)24-11-9-23(10-12-24)20-31-15-5-14-30(16-17-31)19-22-6-3-2-4-7-22;3-2(4,5)1(6)7/h8-13,18,22H,2-7,14-17,19-20H2,1H3,(H,29,32);(H,6,7). The molecule has 2 N–H and O–H groups in total. The van der Waals surface area contributed by atoms with Crippen LogP contribution in [0.4, 0.5) is 23.2 Å². The van der Waals surface area contributed by atoms with Crippen molar-refractivity contribution in [2.45, 2.75) is 58.2 Å². The largest absolute Gasteiger partial charge is 0.490 e. The van der Waals surface area contributed by atoms with E-state index >= 15 is 0 Å². The van der Waals surface area contributed by atoms with Crippen molar-refractivity contribution in [2.24, 2.45) is 5.92 Å². The average Bonchev–Trinajstić information content (AvgIpc) is 3.12. The quantitative estimate of drug-likeness (QED) is 0.424. The Hall–Kier alpha value is -2.98. The Balaban J connectivity index is 0.000000532. The molecule has 0 spiro atoms. The Morgan fingerprint density at radius 3 is 2.15 bits per heavy atom. The highest BCUT2D eigenvalue weighted by molar-refractivity contribution is 6.04. The van der Waals surface area contributed by atoms with Crippen LogP contribution < -0.4 is 5.32 Å². The lowest BCUT2D eigenvalue weighted by Crippen LogP contribution is -2.34. The highest BCUT2D eigenvalue weighted by Gasteiger charge is 2.38. The van der Waals surface area contributed by atoms with E-state index in [1.807, 2.05) is 24.3 Å². The molecule has 2 aromatic carbocycles. The number of carbonyl (C=O) groups is 2. The lowest BCUT2D eigenvalue weighted by atomic mass is 9.89. The van der Waals surface area contributed by atoms with E-state index in [1.54, 1.807) is 19.1 Å². The van der Waals surface area contributed by atoms with Gasteiger partial charge in [-0.2, -0.15) is 13.2 Å². The zero-order valence-electron chi connectivity index (χ0n) is 22.3. The molecule has 1 saturated heterocycles. The number of aryl methyl sites for hydroxylation is 1. The second kappa shape index (κ2) is 14.4. The first-order chi connectivity index (χ1) is 18.5. The number of aliphatic carboxylic acids is 1. The van der Waals surface area contributed by atoms with Gasteiger partial charge in [-0.15, -0.1) is 0 Å².